The molecule has 4 nitrogen and oxygen atoms in total. The van der Waals surface area contributed by atoms with Crippen molar-refractivity contribution in [2.75, 3.05) is 5.32 Å². The Labute approximate surface area is 113 Å². The highest BCUT2D eigenvalue weighted by atomic mass is 35.5. The molecule has 0 aliphatic rings. The Balaban J connectivity index is 2.01. The maximum Gasteiger partial charge on any atom is 0.337 e. The van der Waals surface area contributed by atoms with Crippen LogP contribution in [0, 0.1) is 5.82 Å². The van der Waals surface area contributed by atoms with Gasteiger partial charge in [-0.05, 0) is 29.8 Å². The van der Waals surface area contributed by atoms with Gasteiger partial charge in [0.05, 0.1) is 10.6 Å². The first-order valence-electron chi connectivity index (χ1n) is 5.43. The van der Waals surface area contributed by atoms with E-state index in [0.717, 1.165) is 5.56 Å². The molecule has 0 fully saturated rings. The van der Waals surface area contributed by atoms with Gasteiger partial charge in [-0.15, -0.1) is 0 Å². The van der Waals surface area contributed by atoms with Crippen LogP contribution in [-0.4, -0.2) is 16.1 Å². The van der Waals surface area contributed by atoms with E-state index >= 15 is 0 Å². The molecule has 0 radical (unpaired) electrons. The highest BCUT2D eigenvalue weighted by Crippen LogP contribution is 2.16. The smallest absolute Gasteiger partial charge is 0.337 e. The monoisotopic (exact) mass is 280 g/mol. The van der Waals surface area contributed by atoms with Crippen LogP contribution >= 0.6 is 11.6 Å². The molecule has 0 atom stereocenters. The van der Waals surface area contributed by atoms with Crippen molar-refractivity contribution in [1.29, 1.82) is 0 Å². The zero-order valence-electron chi connectivity index (χ0n) is 9.73. The third-order valence-electron chi connectivity index (χ3n) is 2.47. The van der Waals surface area contributed by atoms with Crippen molar-refractivity contribution in [2.24, 2.45) is 0 Å². The average Bonchev–Trinajstić information content (AvgIpc) is 2.40. The number of benzene rings is 1. The summed E-state index contributed by atoms with van der Waals surface area (Å²) in [7, 11) is 0. The minimum atomic E-state index is -1.02. The van der Waals surface area contributed by atoms with E-state index in [9.17, 15) is 9.18 Å². The summed E-state index contributed by atoms with van der Waals surface area (Å²) in [6, 6.07) is 7.44. The Morgan fingerprint density at radius 1 is 1.37 bits per heavy atom. The Hall–Kier alpha value is -2.14. The minimum Gasteiger partial charge on any atom is -0.478 e. The topological polar surface area (TPSA) is 62.2 Å². The van der Waals surface area contributed by atoms with Gasteiger partial charge in [-0.3, -0.25) is 0 Å². The second kappa shape index (κ2) is 5.67. The molecule has 0 aliphatic carbocycles. The molecule has 19 heavy (non-hydrogen) atoms. The van der Waals surface area contributed by atoms with E-state index in [1.807, 2.05) is 0 Å². The van der Waals surface area contributed by atoms with Gasteiger partial charge in [0, 0.05) is 12.7 Å². The number of halogens is 2. The first kappa shape index (κ1) is 13.3. The molecule has 0 unspecified atom stereocenters. The molecule has 6 heteroatoms. The third kappa shape index (κ3) is 3.42. The number of hydrogen-bond acceptors (Lipinski definition) is 3. The zero-order valence-corrected chi connectivity index (χ0v) is 10.5. The average molecular weight is 281 g/mol. The SMILES string of the molecule is O=C(O)c1ccc(NCc2ccc(F)c(Cl)c2)nc1. The predicted octanol–water partition coefficient (Wildman–Crippen LogP) is 3.18. The van der Waals surface area contributed by atoms with E-state index in [-0.39, 0.29) is 10.6 Å². The van der Waals surface area contributed by atoms with Gasteiger partial charge in [0.1, 0.15) is 11.6 Å². The molecule has 0 saturated carbocycles. The Bertz CT molecular complexity index is 602. The summed E-state index contributed by atoms with van der Waals surface area (Å²) in [5.74, 6) is -0.954. The number of aromatic nitrogens is 1. The number of nitrogens with zero attached hydrogens (tertiary/aromatic N) is 1. The molecule has 1 aromatic heterocycles. The Morgan fingerprint density at radius 2 is 2.16 bits per heavy atom. The molecule has 0 spiro atoms. The van der Waals surface area contributed by atoms with Gasteiger partial charge in [0.2, 0.25) is 0 Å². The van der Waals surface area contributed by atoms with Crippen LogP contribution in [0.4, 0.5) is 10.2 Å². The molecule has 0 bridgehead atoms. The van der Waals surface area contributed by atoms with Crippen LogP contribution in [-0.2, 0) is 6.54 Å². The fraction of sp³-hybridized carbons (Fsp3) is 0.0769. The van der Waals surface area contributed by atoms with Crippen molar-refractivity contribution < 1.29 is 14.3 Å². The van der Waals surface area contributed by atoms with Crippen molar-refractivity contribution in [3.05, 3.63) is 58.5 Å². The number of rotatable bonds is 4. The molecular formula is C13H10ClFN2O2. The lowest BCUT2D eigenvalue weighted by atomic mass is 10.2. The van der Waals surface area contributed by atoms with Crippen LogP contribution in [0.15, 0.2) is 36.5 Å². The van der Waals surface area contributed by atoms with Crippen LogP contribution in [0.25, 0.3) is 0 Å². The van der Waals surface area contributed by atoms with Gasteiger partial charge in [-0.25, -0.2) is 14.2 Å². The summed E-state index contributed by atoms with van der Waals surface area (Å²) in [6.07, 6.45) is 1.27. The summed E-state index contributed by atoms with van der Waals surface area (Å²) >= 11 is 5.67. The molecule has 98 valence electrons. The molecule has 2 N–H and O–H groups in total. The molecule has 0 saturated heterocycles. The van der Waals surface area contributed by atoms with Gasteiger partial charge in [-0.1, -0.05) is 17.7 Å². The first-order valence-corrected chi connectivity index (χ1v) is 5.81. The number of carboxylic acid groups (broad SMARTS) is 1. The predicted molar refractivity (Wildman–Crippen MR) is 69.9 cm³/mol. The summed E-state index contributed by atoms with van der Waals surface area (Å²) in [4.78, 5) is 14.6. The standard InChI is InChI=1S/C13H10ClFN2O2/c14-10-5-8(1-3-11(10)15)6-16-12-4-2-9(7-17-12)13(18)19/h1-5,7H,6H2,(H,16,17)(H,18,19). The van der Waals surface area contributed by atoms with Crippen molar-refractivity contribution in [3.8, 4) is 0 Å². The summed E-state index contributed by atoms with van der Waals surface area (Å²) < 4.78 is 13.0. The number of hydrogen-bond donors (Lipinski definition) is 2. The van der Waals surface area contributed by atoms with E-state index < -0.39 is 11.8 Å². The van der Waals surface area contributed by atoms with Crippen LogP contribution < -0.4 is 5.32 Å². The lowest BCUT2D eigenvalue weighted by Crippen LogP contribution is -2.03. The molecule has 2 rings (SSSR count). The van der Waals surface area contributed by atoms with Gasteiger partial charge in [-0.2, -0.15) is 0 Å². The highest BCUT2D eigenvalue weighted by molar-refractivity contribution is 6.30. The summed E-state index contributed by atoms with van der Waals surface area (Å²) in [5.41, 5.74) is 0.922. The largest absolute Gasteiger partial charge is 0.478 e. The van der Waals surface area contributed by atoms with E-state index in [1.54, 1.807) is 12.1 Å². The van der Waals surface area contributed by atoms with Crippen molar-refractivity contribution in [2.45, 2.75) is 6.54 Å². The second-order valence-corrected chi connectivity index (χ2v) is 4.25. The highest BCUT2D eigenvalue weighted by Gasteiger charge is 2.04. The quantitative estimate of drug-likeness (QED) is 0.903. The summed E-state index contributed by atoms with van der Waals surface area (Å²) in [5, 5.41) is 11.8. The zero-order chi connectivity index (χ0) is 13.8. The Morgan fingerprint density at radius 3 is 2.74 bits per heavy atom. The van der Waals surface area contributed by atoms with Gasteiger partial charge < -0.3 is 10.4 Å². The van der Waals surface area contributed by atoms with E-state index in [2.05, 4.69) is 10.3 Å². The first-order chi connectivity index (χ1) is 9.06. The van der Waals surface area contributed by atoms with Gasteiger partial charge >= 0.3 is 5.97 Å². The maximum absolute atomic E-state index is 13.0. The van der Waals surface area contributed by atoms with E-state index in [0.29, 0.717) is 12.4 Å². The van der Waals surface area contributed by atoms with Crippen molar-refractivity contribution in [3.63, 3.8) is 0 Å². The number of carbonyl (C=O) groups is 1. The van der Waals surface area contributed by atoms with Gasteiger partial charge in [0.25, 0.3) is 0 Å². The summed E-state index contributed by atoms with van der Waals surface area (Å²) in [6.45, 7) is 0.416. The van der Waals surface area contributed by atoms with E-state index in [1.165, 1.54) is 24.4 Å². The van der Waals surface area contributed by atoms with Crippen molar-refractivity contribution in [1.82, 2.24) is 4.98 Å². The molecule has 2 aromatic rings. The minimum absolute atomic E-state index is 0.0634. The normalized spacial score (nSPS) is 10.2. The number of pyridine rings is 1. The third-order valence-corrected chi connectivity index (χ3v) is 2.76. The molecule has 0 aliphatic heterocycles. The van der Waals surface area contributed by atoms with Crippen LogP contribution in [0.5, 0.6) is 0 Å². The lowest BCUT2D eigenvalue weighted by Gasteiger charge is -2.06. The molecule has 1 aromatic carbocycles. The number of aromatic carboxylic acids is 1. The molecule has 1 heterocycles. The lowest BCUT2D eigenvalue weighted by molar-refractivity contribution is 0.0696. The van der Waals surface area contributed by atoms with E-state index in [4.69, 9.17) is 16.7 Å². The Kier molecular flexibility index (Phi) is 3.97. The van der Waals surface area contributed by atoms with Gasteiger partial charge in [0.15, 0.2) is 0 Å². The molecular weight excluding hydrogens is 271 g/mol. The van der Waals surface area contributed by atoms with Crippen LogP contribution in [0.1, 0.15) is 15.9 Å². The van der Waals surface area contributed by atoms with Crippen LogP contribution in [0.3, 0.4) is 0 Å². The number of carboxylic acids is 1. The van der Waals surface area contributed by atoms with Crippen molar-refractivity contribution >= 4 is 23.4 Å². The van der Waals surface area contributed by atoms with Crippen LogP contribution in [0.2, 0.25) is 5.02 Å². The second-order valence-electron chi connectivity index (χ2n) is 3.84. The number of anilines is 1. The fourth-order valence-corrected chi connectivity index (χ4v) is 1.67. The fourth-order valence-electron chi connectivity index (χ4n) is 1.47. The maximum atomic E-state index is 13.0. The number of nitrogens with one attached hydrogen (secondary N) is 1. The molecule has 0 amide bonds.